The quantitative estimate of drug-likeness (QED) is 0.669. The summed E-state index contributed by atoms with van der Waals surface area (Å²) in [5.74, 6) is 1.91. The van der Waals surface area contributed by atoms with Crippen molar-refractivity contribution in [3.8, 4) is 5.69 Å². The molecule has 0 amide bonds. The molecule has 2 aromatic carbocycles. The summed E-state index contributed by atoms with van der Waals surface area (Å²) < 4.78 is 2.15. The van der Waals surface area contributed by atoms with Crippen LogP contribution in [0.1, 0.15) is 18.6 Å². The normalized spacial score (nSPS) is 16.7. The molecule has 3 aromatic rings. The molecule has 0 bridgehead atoms. The molecule has 1 atom stereocenters. The van der Waals surface area contributed by atoms with Crippen LogP contribution in [0.4, 0.5) is 11.4 Å². The van der Waals surface area contributed by atoms with Crippen molar-refractivity contribution in [2.45, 2.75) is 26.3 Å². The van der Waals surface area contributed by atoms with Crippen LogP contribution >= 0.6 is 11.6 Å². The summed E-state index contributed by atoms with van der Waals surface area (Å²) in [5, 5.41) is 9.38. The number of nitrogens with zero attached hydrogens (tertiary/aromatic N) is 4. The van der Waals surface area contributed by atoms with Crippen molar-refractivity contribution >= 4 is 23.0 Å². The first-order chi connectivity index (χ1) is 11.1. The van der Waals surface area contributed by atoms with Gasteiger partial charge in [-0.25, -0.2) is 0 Å². The van der Waals surface area contributed by atoms with Gasteiger partial charge in [-0.05, 0) is 50.2 Å². The van der Waals surface area contributed by atoms with Crippen LogP contribution in [0.15, 0.2) is 48.5 Å². The number of halogens is 1. The van der Waals surface area contributed by atoms with Gasteiger partial charge in [0.1, 0.15) is 11.6 Å². The van der Waals surface area contributed by atoms with Crippen LogP contribution < -0.4 is 4.90 Å². The molecule has 116 valence electrons. The molecule has 1 aliphatic heterocycles. The third-order valence-corrected chi connectivity index (χ3v) is 4.55. The molecule has 23 heavy (non-hydrogen) atoms. The van der Waals surface area contributed by atoms with Gasteiger partial charge in [-0.1, -0.05) is 23.7 Å². The summed E-state index contributed by atoms with van der Waals surface area (Å²) in [7, 11) is 0. The summed E-state index contributed by atoms with van der Waals surface area (Å²) in [5.41, 5.74) is 3.40. The van der Waals surface area contributed by atoms with Crippen molar-refractivity contribution in [1.29, 1.82) is 0 Å². The Labute approximate surface area is 140 Å². The van der Waals surface area contributed by atoms with E-state index >= 15 is 0 Å². The fraction of sp³-hybridized carbons (Fsp3) is 0.222. The number of benzene rings is 2. The summed E-state index contributed by atoms with van der Waals surface area (Å²) in [6.07, 6.45) is 0.831. The van der Waals surface area contributed by atoms with Crippen molar-refractivity contribution in [3.05, 3.63) is 65.2 Å². The molecule has 4 rings (SSSR count). The van der Waals surface area contributed by atoms with Gasteiger partial charge in [-0.15, -0.1) is 10.2 Å². The molecule has 0 spiro atoms. The van der Waals surface area contributed by atoms with Gasteiger partial charge in [0.15, 0.2) is 0 Å². The average molecular weight is 325 g/mol. The molecule has 0 N–H and O–H groups in total. The highest BCUT2D eigenvalue weighted by Crippen LogP contribution is 2.37. The predicted octanol–water partition coefficient (Wildman–Crippen LogP) is 4.31. The van der Waals surface area contributed by atoms with Crippen LogP contribution in [0.2, 0.25) is 5.02 Å². The first-order valence-corrected chi connectivity index (χ1v) is 8.08. The third kappa shape index (κ3) is 2.30. The summed E-state index contributed by atoms with van der Waals surface area (Å²) in [6.45, 7) is 4.21. The van der Waals surface area contributed by atoms with E-state index in [1.54, 1.807) is 0 Å². The first-order valence-electron chi connectivity index (χ1n) is 7.70. The largest absolute Gasteiger partial charge is 0.336 e. The van der Waals surface area contributed by atoms with Gasteiger partial charge in [-0.3, -0.25) is 4.57 Å². The van der Waals surface area contributed by atoms with Gasteiger partial charge in [0.05, 0.1) is 11.4 Å². The number of rotatable bonds is 1. The molecule has 0 saturated heterocycles. The SMILES string of the molecule is Cc1nnc2n1-c1ccccc1N(c1ccc(Cl)cc1)C(C)C2. The zero-order valence-electron chi connectivity index (χ0n) is 13.1. The Kier molecular flexibility index (Phi) is 3.34. The van der Waals surface area contributed by atoms with Crippen molar-refractivity contribution in [1.82, 2.24) is 14.8 Å². The van der Waals surface area contributed by atoms with Crippen molar-refractivity contribution in [2.24, 2.45) is 0 Å². The topological polar surface area (TPSA) is 34.0 Å². The fourth-order valence-electron chi connectivity index (χ4n) is 3.30. The van der Waals surface area contributed by atoms with Gasteiger partial charge in [0.25, 0.3) is 0 Å². The number of fused-ring (bicyclic) bond motifs is 3. The lowest BCUT2D eigenvalue weighted by Crippen LogP contribution is -2.29. The number of hydrogen-bond donors (Lipinski definition) is 0. The van der Waals surface area contributed by atoms with Crippen LogP contribution in [-0.4, -0.2) is 20.8 Å². The lowest BCUT2D eigenvalue weighted by molar-refractivity contribution is 0.684. The van der Waals surface area contributed by atoms with Gasteiger partial charge >= 0.3 is 0 Å². The second-order valence-electron chi connectivity index (χ2n) is 5.89. The Balaban J connectivity index is 1.94. The van der Waals surface area contributed by atoms with Gasteiger partial charge in [-0.2, -0.15) is 0 Å². The minimum absolute atomic E-state index is 0.266. The number of para-hydroxylation sites is 2. The zero-order valence-corrected chi connectivity index (χ0v) is 13.8. The maximum atomic E-state index is 6.05. The third-order valence-electron chi connectivity index (χ3n) is 4.30. The minimum Gasteiger partial charge on any atom is -0.336 e. The van der Waals surface area contributed by atoms with E-state index in [0.717, 1.165) is 40.2 Å². The standard InChI is InChI=1S/C18H17ClN4/c1-12-11-18-21-20-13(2)23(18)17-6-4-3-5-16(17)22(12)15-9-7-14(19)8-10-15/h3-10,12H,11H2,1-2H3. The molecule has 1 aliphatic rings. The van der Waals surface area contributed by atoms with Crippen LogP contribution in [0.25, 0.3) is 5.69 Å². The maximum Gasteiger partial charge on any atom is 0.139 e. The monoisotopic (exact) mass is 324 g/mol. The number of aromatic nitrogens is 3. The molecule has 1 unspecified atom stereocenters. The number of hydrogen-bond acceptors (Lipinski definition) is 3. The van der Waals surface area contributed by atoms with Crippen molar-refractivity contribution in [2.75, 3.05) is 4.90 Å². The summed E-state index contributed by atoms with van der Waals surface area (Å²) >= 11 is 6.05. The van der Waals surface area contributed by atoms with E-state index in [-0.39, 0.29) is 6.04 Å². The molecule has 0 aliphatic carbocycles. The molecule has 0 saturated carbocycles. The number of aryl methyl sites for hydroxylation is 1. The Bertz CT molecular complexity index is 854. The van der Waals surface area contributed by atoms with E-state index < -0.39 is 0 Å². The summed E-state index contributed by atoms with van der Waals surface area (Å²) in [4.78, 5) is 2.35. The van der Waals surface area contributed by atoms with Crippen molar-refractivity contribution < 1.29 is 0 Å². The second-order valence-corrected chi connectivity index (χ2v) is 6.32. The maximum absolute atomic E-state index is 6.05. The van der Waals surface area contributed by atoms with E-state index in [9.17, 15) is 0 Å². The van der Waals surface area contributed by atoms with E-state index in [1.165, 1.54) is 0 Å². The van der Waals surface area contributed by atoms with Gasteiger partial charge in [0, 0.05) is 23.2 Å². The molecular formula is C18H17ClN4. The number of anilines is 2. The Morgan fingerprint density at radius 1 is 1.00 bits per heavy atom. The van der Waals surface area contributed by atoms with Gasteiger partial charge in [0.2, 0.25) is 0 Å². The fourth-order valence-corrected chi connectivity index (χ4v) is 3.42. The van der Waals surface area contributed by atoms with E-state index in [2.05, 4.69) is 63.0 Å². The Morgan fingerprint density at radius 3 is 2.43 bits per heavy atom. The van der Waals surface area contributed by atoms with E-state index in [0.29, 0.717) is 0 Å². The lowest BCUT2D eigenvalue weighted by Gasteiger charge is -2.30. The molecular weight excluding hydrogens is 308 g/mol. The van der Waals surface area contributed by atoms with Crippen LogP contribution in [0, 0.1) is 6.92 Å². The van der Waals surface area contributed by atoms with Crippen LogP contribution in [0.5, 0.6) is 0 Å². The van der Waals surface area contributed by atoms with Crippen molar-refractivity contribution in [3.63, 3.8) is 0 Å². The molecule has 2 heterocycles. The molecule has 0 radical (unpaired) electrons. The molecule has 0 fully saturated rings. The van der Waals surface area contributed by atoms with Gasteiger partial charge < -0.3 is 4.90 Å². The molecule has 4 nitrogen and oxygen atoms in total. The highest BCUT2D eigenvalue weighted by molar-refractivity contribution is 6.30. The average Bonchev–Trinajstić information content (AvgIpc) is 2.84. The predicted molar refractivity (Wildman–Crippen MR) is 92.9 cm³/mol. The second kappa shape index (κ2) is 5.39. The molecule has 5 heteroatoms. The molecule has 1 aromatic heterocycles. The highest BCUT2D eigenvalue weighted by Gasteiger charge is 2.27. The zero-order chi connectivity index (χ0) is 16.0. The Morgan fingerprint density at radius 2 is 1.70 bits per heavy atom. The van der Waals surface area contributed by atoms with E-state index in [4.69, 9.17) is 11.6 Å². The lowest BCUT2D eigenvalue weighted by atomic mass is 10.1. The smallest absolute Gasteiger partial charge is 0.139 e. The van der Waals surface area contributed by atoms with Crippen LogP contribution in [0.3, 0.4) is 0 Å². The Hall–Kier alpha value is -2.33. The summed E-state index contributed by atoms with van der Waals surface area (Å²) in [6, 6.07) is 16.7. The van der Waals surface area contributed by atoms with Crippen LogP contribution in [-0.2, 0) is 6.42 Å². The first kappa shape index (κ1) is 14.3. The minimum atomic E-state index is 0.266. The highest BCUT2D eigenvalue weighted by atomic mass is 35.5. The van der Waals surface area contributed by atoms with E-state index in [1.807, 2.05) is 19.1 Å².